The zero-order valence-electron chi connectivity index (χ0n) is 15.8. The third kappa shape index (κ3) is 4.19. The van der Waals surface area contributed by atoms with Crippen molar-refractivity contribution in [1.82, 2.24) is 0 Å². The first-order valence-electron chi connectivity index (χ1n) is 8.03. The highest BCUT2D eigenvalue weighted by molar-refractivity contribution is 5.54. The number of hydrogen-bond donors (Lipinski definition) is 1. The van der Waals surface area contributed by atoms with Gasteiger partial charge in [0.1, 0.15) is 0 Å². The van der Waals surface area contributed by atoms with Crippen LogP contribution in [-0.4, -0.2) is 52.9 Å². The third-order valence-electron chi connectivity index (χ3n) is 4.15. The predicted octanol–water partition coefficient (Wildman–Crippen LogP) is 7.38. The van der Waals surface area contributed by atoms with Crippen molar-refractivity contribution in [3.63, 3.8) is 0 Å². The molecule has 0 heterocycles. The van der Waals surface area contributed by atoms with Gasteiger partial charge >= 0.3 is 47.8 Å². The van der Waals surface area contributed by atoms with Crippen LogP contribution in [0.25, 0.3) is 6.08 Å². The summed E-state index contributed by atoms with van der Waals surface area (Å²) in [5.41, 5.74) is -0.172. The molecule has 202 valence electrons. The molecule has 0 aliphatic rings. The van der Waals surface area contributed by atoms with Gasteiger partial charge in [0.25, 0.3) is 0 Å². The second-order valence-electron chi connectivity index (χ2n) is 6.49. The molecule has 1 rings (SSSR count). The van der Waals surface area contributed by atoms with Gasteiger partial charge in [0.05, 0.1) is 0 Å². The lowest BCUT2D eigenvalue weighted by Crippen LogP contribution is -2.74. The Morgan fingerprint density at radius 2 is 0.971 bits per heavy atom. The van der Waals surface area contributed by atoms with Crippen molar-refractivity contribution in [2.75, 3.05) is 0 Å². The Labute approximate surface area is 181 Å². The summed E-state index contributed by atoms with van der Waals surface area (Å²) in [6.07, 6.45) is -14.1. The summed E-state index contributed by atoms with van der Waals surface area (Å²) in [6, 6.07) is 1.10. The van der Waals surface area contributed by atoms with Crippen molar-refractivity contribution in [2.24, 2.45) is 0 Å². The topological polar surface area (TPSA) is 29.5 Å². The van der Waals surface area contributed by atoms with E-state index in [0.29, 0.717) is 12.1 Å². The van der Waals surface area contributed by atoms with Gasteiger partial charge in [-0.3, -0.25) is 0 Å². The average Bonchev–Trinajstić information content (AvgIpc) is 2.67. The van der Waals surface area contributed by atoms with E-state index in [-0.39, 0.29) is 11.6 Å². The molecule has 1 aromatic rings. The van der Waals surface area contributed by atoms with Gasteiger partial charge in [0, 0.05) is 0 Å². The van der Waals surface area contributed by atoms with Crippen molar-refractivity contribution in [3.8, 4) is 11.5 Å². The zero-order chi connectivity index (χ0) is 28.3. The van der Waals surface area contributed by atoms with Crippen LogP contribution in [0.15, 0.2) is 24.8 Å². The zero-order valence-corrected chi connectivity index (χ0v) is 15.8. The normalized spacial score (nSPS) is 15.2. The Hall–Kier alpha value is -2.63. The minimum absolute atomic E-state index is 0.110. The lowest BCUT2D eigenvalue weighted by atomic mass is 9.90. The van der Waals surface area contributed by atoms with Crippen LogP contribution in [0, 0.1) is 0 Å². The van der Waals surface area contributed by atoms with E-state index in [4.69, 9.17) is 0 Å². The first-order valence-corrected chi connectivity index (χ1v) is 8.03. The Balaban J connectivity index is 3.61. The SMILES string of the molecule is C=Cc1ccc(OC(F)(F)C(F)(F)C(F)(F)C(F)(F)C(F)(F)C(F)(F)C(F)(F)C(F)(F)F)c(O)c1. The Bertz CT molecular complexity index is 948. The van der Waals surface area contributed by atoms with E-state index in [1.165, 1.54) is 0 Å². The van der Waals surface area contributed by atoms with Crippen LogP contribution in [0.5, 0.6) is 11.5 Å². The van der Waals surface area contributed by atoms with Crippen LogP contribution >= 0.6 is 0 Å². The van der Waals surface area contributed by atoms with Crippen molar-refractivity contribution < 1.29 is 84.5 Å². The summed E-state index contributed by atoms with van der Waals surface area (Å²) in [4.78, 5) is 0. The Kier molecular flexibility index (Phi) is 7.13. The second-order valence-corrected chi connectivity index (χ2v) is 6.49. The smallest absolute Gasteiger partial charge is 0.471 e. The molecule has 0 aliphatic carbocycles. The van der Waals surface area contributed by atoms with Gasteiger partial charge in [-0.15, -0.1) is 0 Å². The highest BCUT2D eigenvalue weighted by Crippen LogP contribution is 2.64. The quantitative estimate of drug-likeness (QED) is 0.323. The monoisotopic (exact) mass is 554 g/mol. The highest BCUT2D eigenvalue weighted by Gasteiger charge is 2.95. The average molecular weight is 554 g/mol. The number of phenolic OH excluding ortho intramolecular Hbond substituents is 1. The Morgan fingerprint density at radius 3 is 1.31 bits per heavy atom. The van der Waals surface area contributed by atoms with Crippen LogP contribution in [0.4, 0.5) is 74.6 Å². The molecular weight excluding hydrogens is 547 g/mol. The van der Waals surface area contributed by atoms with E-state index in [2.05, 4.69) is 11.3 Å². The maximum absolute atomic E-state index is 13.7. The number of hydrogen-bond acceptors (Lipinski definition) is 2. The molecule has 1 aromatic carbocycles. The van der Waals surface area contributed by atoms with E-state index in [1.807, 2.05) is 0 Å². The van der Waals surface area contributed by atoms with Gasteiger partial charge in [-0.1, -0.05) is 18.7 Å². The number of rotatable bonds is 9. The minimum atomic E-state index is -8.73. The van der Waals surface area contributed by atoms with Crippen LogP contribution in [0.1, 0.15) is 5.56 Å². The highest BCUT2D eigenvalue weighted by atomic mass is 19.4. The molecular formula is C16H7F17O2. The number of benzene rings is 1. The molecule has 0 saturated heterocycles. The molecule has 2 nitrogen and oxygen atoms in total. The van der Waals surface area contributed by atoms with Gasteiger partial charge in [-0.2, -0.15) is 74.6 Å². The van der Waals surface area contributed by atoms with Crippen LogP contribution in [0.2, 0.25) is 0 Å². The molecule has 19 heteroatoms. The molecule has 0 aliphatic heterocycles. The van der Waals surface area contributed by atoms with E-state index < -0.39 is 59.3 Å². The molecule has 0 atom stereocenters. The lowest BCUT2D eigenvalue weighted by molar-refractivity contribution is -0.471. The maximum Gasteiger partial charge on any atom is 0.471 e. The standard InChI is InChI=1S/C16H7F17O2/c1-2-6-3-4-8(7(34)5-6)35-16(32,33)14(27,28)12(23,24)10(19,20)9(17,18)11(21,22)13(25,26)15(29,30)31/h2-5,34H,1H2. The number of alkyl halides is 17. The summed E-state index contributed by atoms with van der Waals surface area (Å²) >= 11 is 0. The van der Waals surface area contributed by atoms with Gasteiger partial charge < -0.3 is 9.84 Å². The molecule has 0 spiro atoms. The molecule has 0 fully saturated rings. The first-order chi connectivity index (χ1) is 15.2. The van der Waals surface area contributed by atoms with E-state index >= 15 is 0 Å². The molecule has 0 unspecified atom stereocenters. The number of aromatic hydroxyl groups is 1. The summed E-state index contributed by atoms with van der Waals surface area (Å²) in [6.45, 7) is 3.09. The summed E-state index contributed by atoms with van der Waals surface area (Å²) < 4.78 is 226. The fraction of sp³-hybridized carbons (Fsp3) is 0.500. The van der Waals surface area contributed by atoms with Crippen molar-refractivity contribution >= 4 is 6.08 Å². The summed E-state index contributed by atoms with van der Waals surface area (Å²) in [5, 5.41) is 9.32. The number of halogens is 17. The molecule has 0 saturated carbocycles. The minimum Gasteiger partial charge on any atom is -0.504 e. The van der Waals surface area contributed by atoms with Crippen molar-refractivity contribution in [1.29, 1.82) is 0 Å². The molecule has 0 aromatic heterocycles. The fourth-order valence-electron chi connectivity index (χ4n) is 2.10. The molecule has 0 radical (unpaired) electrons. The maximum atomic E-state index is 13.7. The summed E-state index contributed by atoms with van der Waals surface area (Å²) in [5.74, 6) is -54.2. The van der Waals surface area contributed by atoms with E-state index in [1.54, 1.807) is 0 Å². The predicted molar refractivity (Wildman–Crippen MR) is 79.5 cm³/mol. The van der Waals surface area contributed by atoms with Crippen LogP contribution in [0.3, 0.4) is 0 Å². The van der Waals surface area contributed by atoms with Gasteiger partial charge in [-0.25, -0.2) is 0 Å². The molecule has 0 bridgehead atoms. The molecule has 35 heavy (non-hydrogen) atoms. The number of phenols is 1. The van der Waals surface area contributed by atoms with E-state index in [0.717, 1.165) is 6.08 Å². The van der Waals surface area contributed by atoms with Crippen LogP contribution in [-0.2, 0) is 0 Å². The van der Waals surface area contributed by atoms with Gasteiger partial charge in [0.15, 0.2) is 11.5 Å². The summed E-state index contributed by atoms with van der Waals surface area (Å²) in [7, 11) is 0. The third-order valence-corrected chi connectivity index (χ3v) is 4.15. The van der Waals surface area contributed by atoms with Crippen molar-refractivity contribution in [2.45, 2.75) is 47.8 Å². The Morgan fingerprint density at radius 1 is 0.600 bits per heavy atom. The van der Waals surface area contributed by atoms with Gasteiger partial charge in [-0.05, 0) is 17.7 Å². The molecule has 1 N–H and O–H groups in total. The van der Waals surface area contributed by atoms with Crippen LogP contribution < -0.4 is 4.74 Å². The number of ether oxygens (including phenoxy) is 1. The molecule has 0 amide bonds. The van der Waals surface area contributed by atoms with Gasteiger partial charge in [0.2, 0.25) is 0 Å². The van der Waals surface area contributed by atoms with Crippen molar-refractivity contribution in [3.05, 3.63) is 30.3 Å². The largest absolute Gasteiger partial charge is 0.504 e. The van der Waals surface area contributed by atoms with E-state index in [9.17, 15) is 79.7 Å². The fourth-order valence-corrected chi connectivity index (χ4v) is 2.10. The first kappa shape index (κ1) is 30.4. The second kappa shape index (κ2) is 8.21. The lowest BCUT2D eigenvalue weighted by Gasteiger charge is -2.42.